The van der Waals surface area contributed by atoms with E-state index in [1.165, 1.54) is 17.7 Å². The Kier molecular flexibility index (Phi) is 4.71. The van der Waals surface area contributed by atoms with Crippen molar-refractivity contribution < 1.29 is 9.18 Å². The summed E-state index contributed by atoms with van der Waals surface area (Å²) in [5.41, 5.74) is 2.96. The van der Waals surface area contributed by atoms with Crippen molar-refractivity contribution >= 4 is 11.6 Å². The van der Waals surface area contributed by atoms with Crippen LogP contribution in [0.3, 0.4) is 0 Å². The molecule has 3 nitrogen and oxygen atoms in total. The highest BCUT2D eigenvalue weighted by molar-refractivity contribution is 5.80. The third kappa shape index (κ3) is 4.39. The Labute approximate surface area is 117 Å². The van der Waals surface area contributed by atoms with Crippen LogP contribution in [0.15, 0.2) is 48.5 Å². The molecule has 0 bridgehead atoms. The van der Waals surface area contributed by atoms with Crippen LogP contribution in [0.2, 0.25) is 0 Å². The Morgan fingerprint density at radius 2 is 1.90 bits per heavy atom. The monoisotopic (exact) mass is 272 g/mol. The molecule has 0 aliphatic heterocycles. The van der Waals surface area contributed by atoms with E-state index >= 15 is 0 Å². The summed E-state index contributed by atoms with van der Waals surface area (Å²) in [5, 5.41) is 5.77. The van der Waals surface area contributed by atoms with Gasteiger partial charge in [0.25, 0.3) is 0 Å². The first-order chi connectivity index (χ1) is 9.63. The maximum Gasteiger partial charge on any atom is 0.239 e. The molecule has 2 rings (SSSR count). The van der Waals surface area contributed by atoms with Gasteiger partial charge in [-0.15, -0.1) is 0 Å². The zero-order chi connectivity index (χ0) is 14.4. The highest BCUT2D eigenvalue weighted by Crippen LogP contribution is 2.07. The highest BCUT2D eigenvalue weighted by atomic mass is 19.1. The highest BCUT2D eigenvalue weighted by Gasteiger charge is 2.01. The van der Waals surface area contributed by atoms with E-state index in [9.17, 15) is 9.18 Å². The van der Waals surface area contributed by atoms with Crippen molar-refractivity contribution in [1.29, 1.82) is 0 Å². The molecule has 0 spiro atoms. The van der Waals surface area contributed by atoms with Gasteiger partial charge in [0.2, 0.25) is 5.91 Å². The van der Waals surface area contributed by atoms with Gasteiger partial charge >= 0.3 is 0 Å². The molecule has 0 saturated heterocycles. The number of carbonyl (C=O) groups excluding carboxylic acids is 1. The van der Waals surface area contributed by atoms with E-state index in [1.807, 2.05) is 31.2 Å². The first-order valence-electron chi connectivity index (χ1n) is 6.45. The number of hydrogen-bond acceptors (Lipinski definition) is 2. The van der Waals surface area contributed by atoms with E-state index in [0.29, 0.717) is 6.54 Å². The lowest BCUT2D eigenvalue weighted by atomic mass is 10.1. The molecule has 0 heterocycles. The van der Waals surface area contributed by atoms with Crippen molar-refractivity contribution in [3.8, 4) is 0 Å². The second-order valence-electron chi connectivity index (χ2n) is 4.63. The van der Waals surface area contributed by atoms with E-state index in [0.717, 1.165) is 11.3 Å². The number of benzene rings is 2. The molecule has 0 aliphatic carbocycles. The third-order valence-corrected chi connectivity index (χ3v) is 2.87. The summed E-state index contributed by atoms with van der Waals surface area (Å²) in [7, 11) is 0. The third-order valence-electron chi connectivity index (χ3n) is 2.87. The molecule has 2 aromatic rings. The average Bonchev–Trinajstić information content (AvgIpc) is 2.45. The minimum Gasteiger partial charge on any atom is -0.376 e. The molecule has 20 heavy (non-hydrogen) atoms. The normalized spacial score (nSPS) is 10.1. The standard InChI is InChI=1S/C16H17FN2O/c1-12-3-2-4-13(9-12)10-19-16(20)11-18-15-7-5-14(17)6-8-15/h2-9,18H,10-11H2,1H3,(H,19,20). The molecule has 0 radical (unpaired) electrons. The molecule has 2 aromatic carbocycles. The van der Waals surface area contributed by atoms with Crippen LogP contribution in [-0.2, 0) is 11.3 Å². The quantitative estimate of drug-likeness (QED) is 0.878. The van der Waals surface area contributed by atoms with Crippen LogP contribution in [0.4, 0.5) is 10.1 Å². The SMILES string of the molecule is Cc1cccc(CNC(=O)CNc2ccc(F)cc2)c1. The molecule has 0 aromatic heterocycles. The van der Waals surface area contributed by atoms with Crippen LogP contribution in [0.5, 0.6) is 0 Å². The van der Waals surface area contributed by atoms with Crippen LogP contribution in [0.1, 0.15) is 11.1 Å². The zero-order valence-corrected chi connectivity index (χ0v) is 11.3. The van der Waals surface area contributed by atoms with Gasteiger partial charge in [-0.05, 0) is 36.8 Å². The number of halogens is 1. The van der Waals surface area contributed by atoms with Gasteiger partial charge in [0.1, 0.15) is 5.82 Å². The molecule has 4 heteroatoms. The average molecular weight is 272 g/mol. The van der Waals surface area contributed by atoms with Crippen LogP contribution < -0.4 is 10.6 Å². The molecule has 104 valence electrons. The van der Waals surface area contributed by atoms with Crippen LogP contribution in [0.25, 0.3) is 0 Å². The van der Waals surface area contributed by atoms with Gasteiger partial charge < -0.3 is 10.6 Å². The minimum atomic E-state index is -0.292. The van der Waals surface area contributed by atoms with Crippen LogP contribution >= 0.6 is 0 Å². The van der Waals surface area contributed by atoms with Crippen molar-refractivity contribution in [1.82, 2.24) is 5.32 Å². The molecule has 0 fully saturated rings. The van der Waals surface area contributed by atoms with Crippen molar-refractivity contribution in [3.05, 3.63) is 65.5 Å². The van der Waals surface area contributed by atoms with Crippen molar-refractivity contribution in [2.45, 2.75) is 13.5 Å². The van der Waals surface area contributed by atoms with Crippen LogP contribution in [0, 0.1) is 12.7 Å². The molecule has 0 unspecified atom stereocenters. The minimum absolute atomic E-state index is 0.101. The zero-order valence-electron chi connectivity index (χ0n) is 11.3. The topological polar surface area (TPSA) is 41.1 Å². The molecular weight excluding hydrogens is 255 g/mol. The fourth-order valence-corrected chi connectivity index (χ4v) is 1.84. The summed E-state index contributed by atoms with van der Waals surface area (Å²) in [6, 6.07) is 13.9. The first-order valence-corrected chi connectivity index (χ1v) is 6.45. The second kappa shape index (κ2) is 6.70. The number of anilines is 1. The summed E-state index contributed by atoms with van der Waals surface area (Å²) >= 11 is 0. The molecular formula is C16H17FN2O. The molecule has 2 N–H and O–H groups in total. The lowest BCUT2D eigenvalue weighted by Crippen LogP contribution is -2.29. The van der Waals surface area contributed by atoms with Crippen molar-refractivity contribution in [3.63, 3.8) is 0 Å². The van der Waals surface area contributed by atoms with E-state index in [2.05, 4.69) is 10.6 Å². The van der Waals surface area contributed by atoms with Gasteiger partial charge in [0.15, 0.2) is 0 Å². The Balaban J connectivity index is 1.77. The van der Waals surface area contributed by atoms with Gasteiger partial charge in [-0.1, -0.05) is 29.8 Å². The van der Waals surface area contributed by atoms with E-state index in [-0.39, 0.29) is 18.3 Å². The number of hydrogen-bond donors (Lipinski definition) is 2. The van der Waals surface area contributed by atoms with E-state index in [1.54, 1.807) is 12.1 Å². The summed E-state index contributed by atoms with van der Waals surface area (Å²) < 4.78 is 12.7. The fourth-order valence-electron chi connectivity index (χ4n) is 1.84. The Hall–Kier alpha value is -2.36. The number of nitrogens with one attached hydrogen (secondary N) is 2. The maximum atomic E-state index is 12.7. The van der Waals surface area contributed by atoms with Gasteiger partial charge in [0.05, 0.1) is 6.54 Å². The molecule has 0 aliphatic rings. The largest absolute Gasteiger partial charge is 0.376 e. The lowest BCUT2D eigenvalue weighted by Gasteiger charge is -2.08. The van der Waals surface area contributed by atoms with Crippen molar-refractivity contribution in [2.75, 3.05) is 11.9 Å². The number of carbonyl (C=O) groups is 1. The van der Waals surface area contributed by atoms with Gasteiger partial charge in [-0.3, -0.25) is 4.79 Å². The summed E-state index contributed by atoms with van der Waals surface area (Å²) in [4.78, 5) is 11.7. The smallest absolute Gasteiger partial charge is 0.239 e. The summed E-state index contributed by atoms with van der Waals surface area (Å²) in [6.45, 7) is 2.68. The number of rotatable bonds is 5. The second-order valence-corrected chi connectivity index (χ2v) is 4.63. The van der Waals surface area contributed by atoms with Crippen molar-refractivity contribution in [2.24, 2.45) is 0 Å². The molecule has 1 amide bonds. The fraction of sp³-hybridized carbons (Fsp3) is 0.188. The number of aryl methyl sites for hydroxylation is 1. The first kappa shape index (κ1) is 14.1. The lowest BCUT2D eigenvalue weighted by molar-refractivity contribution is -0.119. The predicted molar refractivity (Wildman–Crippen MR) is 77.9 cm³/mol. The van der Waals surface area contributed by atoms with Gasteiger partial charge in [-0.2, -0.15) is 0 Å². The predicted octanol–water partition coefficient (Wildman–Crippen LogP) is 2.86. The van der Waals surface area contributed by atoms with Gasteiger partial charge in [0, 0.05) is 12.2 Å². The Morgan fingerprint density at radius 1 is 1.15 bits per heavy atom. The van der Waals surface area contributed by atoms with Crippen LogP contribution in [-0.4, -0.2) is 12.5 Å². The Bertz CT molecular complexity index is 581. The summed E-state index contributed by atoms with van der Waals surface area (Å²) in [6.07, 6.45) is 0. The molecule has 0 saturated carbocycles. The number of amides is 1. The van der Waals surface area contributed by atoms with E-state index < -0.39 is 0 Å². The van der Waals surface area contributed by atoms with Gasteiger partial charge in [-0.25, -0.2) is 4.39 Å². The summed E-state index contributed by atoms with van der Waals surface area (Å²) in [5.74, 6) is -0.393. The maximum absolute atomic E-state index is 12.7. The molecule has 0 atom stereocenters. The van der Waals surface area contributed by atoms with E-state index in [4.69, 9.17) is 0 Å². The Morgan fingerprint density at radius 3 is 2.60 bits per heavy atom.